The maximum Gasteiger partial charge on any atom is 0.194 e. The van der Waals surface area contributed by atoms with E-state index >= 15 is 0 Å². The quantitative estimate of drug-likeness (QED) is 0.334. The van der Waals surface area contributed by atoms with E-state index in [-0.39, 0.29) is 35.5 Å². The lowest BCUT2D eigenvalue weighted by Crippen LogP contribution is -2.52. The molecule has 6 nitrogen and oxygen atoms in total. The van der Waals surface area contributed by atoms with Crippen LogP contribution in [0.3, 0.4) is 0 Å². The summed E-state index contributed by atoms with van der Waals surface area (Å²) in [5.41, 5.74) is 2.45. The Labute approximate surface area is 201 Å². The van der Waals surface area contributed by atoms with Crippen molar-refractivity contribution in [2.75, 3.05) is 43.9 Å². The summed E-state index contributed by atoms with van der Waals surface area (Å²) in [6.07, 6.45) is 1.24. The fourth-order valence-corrected chi connectivity index (χ4v) is 4.30. The Morgan fingerprint density at radius 3 is 2.23 bits per heavy atom. The van der Waals surface area contributed by atoms with Gasteiger partial charge in [0, 0.05) is 39.0 Å². The number of piperazine rings is 1. The molecule has 0 aliphatic carbocycles. The summed E-state index contributed by atoms with van der Waals surface area (Å²) in [5.74, 6) is 0.697. The average Bonchev–Trinajstić information content (AvgIpc) is 2.72. The molecule has 1 heterocycles. The number of para-hydroxylation sites is 1. The van der Waals surface area contributed by atoms with Crippen LogP contribution >= 0.6 is 24.0 Å². The fourth-order valence-electron chi connectivity index (χ4n) is 3.50. The molecule has 0 amide bonds. The number of hydrogen-bond acceptors (Lipinski definition) is 4. The van der Waals surface area contributed by atoms with Gasteiger partial charge in [-0.2, -0.15) is 0 Å². The maximum absolute atomic E-state index is 14.1. The zero-order valence-electron chi connectivity index (χ0n) is 17.9. The normalized spacial score (nSPS) is 14.9. The standard InChI is InChI=1S/C22H29FN4O2S.HI/c1-3-24-22(25-16-18-8-10-19(11-9-18)17-30(2,28)29)27-14-12-26(13-15-27)21-7-5-4-6-20(21)23;/h4-11H,3,12-17H2,1-2H3,(H,24,25);1H. The minimum Gasteiger partial charge on any atom is -0.366 e. The summed E-state index contributed by atoms with van der Waals surface area (Å²) in [6, 6.07) is 14.4. The molecule has 0 atom stereocenters. The van der Waals surface area contributed by atoms with Crippen molar-refractivity contribution in [1.82, 2.24) is 10.2 Å². The van der Waals surface area contributed by atoms with Crippen LogP contribution < -0.4 is 10.2 Å². The zero-order valence-corrected chi connectivity index (χ0v) is 21.1. The van der Waals surface area contributed by atoms with Crippen molar-refractivity contribution < 1.29 is 12.8 Å². The van der Waals surface area contributed by atoms with Crippen LogP contribution in [0.15, 0.2) is 53.5 Å². The second kappa shape index (κ2) is 11.7. The summed E-state index contributed by atoms with van der Waals surface area (Å²) in [5, 5.41) is 3.34. The van der Waals surface area contributed by atoms with Gasteiger partial charge < -0.3 is 15.1 Å². The van der Waals surface area contributed by atoms with Crippen molar-refractivity contribution in [3.05, 3.63) is 65.5 Å². The summed E-state index contributed by atoms with van der Waals surface area (Å²) < 4.78 is 36.9. The van der Waals surface area contributed by atoms with Gasteiger partial charge in [-0.1, -0.05) is 36.4 Å². The molecule has 0 bridgehead atoms. The number of rotatable bonds is 6. The second-order valence-electron chi connectivity index (χ2n) is 7.48. The van der Waals surface area contributed by atoms with E-state index < -0.39 is 9.84 Å². The van der Waals surface area contributed by atoms with Crippen LogP contribution in [0.5, 0.6) is 0 Å². The summed E-state index contributed by atoms with van der Waals surface area (Å²) in [4.78, 5) is 9.01. The number of nitrogens with zero attached hydrogens (tertiary/aromatic N) is 3. The molecule has 1 fully saturated rings. The predicted octanol–water partition coefficient (Wildman–Crippen LogP) is 3.28. The lowest BCUT2D eigenvalue weighted by atomic mass is 10.1. The number of anilines is 1. The molecule has 0 saturated carbocycles. The van der Waals surface area contributed by atoms with Crippen LogP contribution in [0, 0.1) is 5.82 Å². The van der Waals surface area contributed by atoms with Gasteiger partial charge in [0.2, 0.25) is 0 Å². The molecule has 0 aromatic heterocycles. The molecular formula is C22H30FIN4O2S. The van der Waals surface area contributed by atoms with E-state index in [0.29, 0.717) is 12.2 Å². The second-order valence-corrected chi connectivity index (χ2v) is 9.62. The number of halogens is 2. The first-order valence-electron chi connectivity index (χ1n) is 10.1. The molecule has 1 aliphatic rings. The highest BCUT2D eigenvalue weighted by molar-refractivity contribution is 14.0. The van der Waals surface area contributed by atoms with Gasteiger partial charge in [-0.25, -0.2) is 17.8 Å². The van der Waals surface area contributed by atoms with E-state index in [2.05, 4.69) is 15.1 Å². The van der Waals surface area contributed by atoms with E-state index in [9.17, 15) is 12.8 Å². The summed E-state index contributed by atoms with van der Waals surface area (Å²) >= 11 is 0. The van der Waals surface area contributed by atoms with Gasteiger partial charge in [0.1, 0.15) is 5.82 Å². The van der Waals surface area contributed by atoms with Gasteiger partial charge in [-0.15, -0.1) is 24.0 Å². The van der Waals surface area contributed by atoms with Crippen LogP contribution in [0.1, 0.15) is 18.1 Å². The molecule has 170 valence electrons. The third-order valence-corrected chi connectivity index (χ3v) is 5.83. The van der Waals surface area contributed by atoms with Gasteiger partial charge in [0.05, 0.1) is 18.0 Å². The third kappa shape index (κ3) is 7.64. The molecule has 31 heavy (non-hydrogen) atoms. The van der Waals surface area contributed by atoms with Gasteiger partial charge >= 0.3 is 0 Å². The SMILES string of the molecule is CCNC(=NCc1ccc(CS(C)(=O)=O)cc1)N1CCN(c2ccccc2F)CC1.I. The highest BCUT2D eigenvalue weighted by Gasteiger charge is 2.21. The third-order valence-electron chi connectivity index (χ3n) is 4.97. The largest absolute Gasteiger partial charge is 0.366 e. The first-order chi connectivity index (χ1) is 14.4. The van der Waals surface area contributed by atoms with Crippen molar-refractivity contribution in [3.63, 3.8) is 0 Å². The van der Waals surface area contributed by atoms with Crippen molar-refractivity contribution >= 4 is 45.5 Å². The number of aliphatic imine (C=N–C) groups is 1. The molecule has 0 radical (unpaired) electrons. The Morgan fingerprint density at radius 2 is 1.65 bits per heavy atom. The molecule has 3 rings (SSSR count). The Balaban J connectivity index is 0.00000341. The molecule has 9 heteroatoms. The number of nitrogens with one attached hydrogen (secondary N) is 1. The monoisotopic (exact) mass is 560 g/mol. The fraction of sp³-hybridized carbons (Fsp3) is 0.409. The molecular weight excluding hydrogens is 530 g/mol. The van der Waals surface area contributed by atoms with Crippen LogP contribution in [-0.2, 0) is 22.1 Å². The van der Waals surface area contributed by atoms with Crippen molar-refractivity contribution in [1.29, 1.82) is 0 Å². The molecule has 2 aromatic carbocycles. The highest BCUT2D eigenvalue weighted by atomic mass is 127. The number of sulfone groups is 1. The molecule has 0 unspecified atom stereocenters. The molecule has 1 N–H and O–H groups in total. The first kappa shape index (κ1) is 25.4. The zero-order chi connectivity index (χ0) is 21.6. The number of guanidine groups is 1. The Bertz CT molecular complexity index is 975. The molecule has 1 saturated heterocycles. The van der Waals surface area contributed by atoms with Gasteiger partial charge in [0.25, 0.3) is 0 Å². The minimum absolute atomic E-state index is 0. The molecule has 1 aliphatic heterocycles. The minimum atomic E-state index is -3.04. The summed E-state index contributed by atoms with van der Waals surface area (Å²) in [7, 11) is -3.04. The average molecular weight is 560 g/mol. The van der Waals surface area contributed by atoms with Crippen LogP contribution in [0.4, 0.5) is 10.1 Å². The van der Waals surface area contributed by atoms with Gasteiger partial charge in [0.15, 0.2) is 15.8 Å². The van der Waals surface area contributed by atoms with Crippen LogP contribution in [0.2, 0.25) is 0 Å². The van der Waals surface area contributed by atoms with Gasteiger partial charge in [-0.3, -0.25) is 0 Å². The maximum atomic E-state index is 14.1. The van der Waals surface area contributed by atoms with Gasteiger partial charge in [-0.05, 0) is 30.2 Å². The predicted molar refractivity (Wildman–Crippen MR) is 135 cm³/mol. The smallest absolute Gasteiger partial charge is 0.194 e. The van der Waals surface area contributed by atoms with Crippen LogP contribution in [-0.4, -0.2) is 58.3 Å². The van der Waals surface area contributed by atoms with E-state index in [1.165, 1.54) is 12.3 Å². The number of benzene rings is 2. The topological polar surface area (TPSA) is 65.0 Å². The van der Waals surface area contributed by atoms with E-state index in [4.69, 9.17) is 4.99 Å². The van der Waals surface area contributed by atoms with Crippen molar-refractivity contribution in [2.45, 2.75) is 19.2 Å². The Hall–Kier alpha value is -1.88. The highest BCUT2D eigenvalue weighted by Crippen LogP contribution is 2.20. The molecule has 0 spiro atoms. The van der Waals surface area contributed by atoms with Crippen LogP contribution in [0.25, 0.3) is 0 Å². The van der Waals surface area contributed by atoms with Crippen molar-refractivity contribution in [2.24, 2.45) is 4.99 Å². The summed E-state index contributed by atoms with van der Waals surface area (Å²) in [6.45, 7) is 6.28. The first-order valence-corrected chi connectivity index (χ1v) is 12.2. The Kier molecular flexibility index (Phi) is 9.54. The molecule has 2 aromatic rings. The lowest BCUT2D eigenvalue weighted by molar-refractivity contribution is 0.370. The van der Waals surface area contributed by atoms with Crippen molar-refractivity contribution in [3.8, 4) is 0 Å². The Morgan fingerprint density at radius 1 is 1.03 bits per heavy atom. The lowest BCUT2D eigenvalue weighted by Gasteiger charge is -2.37. The van der Waals surface area contributed by atoms with E-state index in [1.54, 1.807) is 6.07 Å². The number of hydrogen-bond donors (Lipinski definition) is 1. The van der Waals surface area contributed by atoms with E-state index in [0.717, 1.165) is 49.8 Å². The van der Waals surface area contributed by atoms with E-state index in [1.807, 2.05) is 43.3 Å².